The van der Waals surface area contributed by atoms with Crippen molar-refractivity contribution in [2.24, 2.45) is 0 Å². The maximum atomic E-state index is 11.8. The van der Waals surface area contributed by atoms with Crippen molar-refractivity contribution in [1.29, 1.82) is 10.5 Å². The minimum atomic E-state index is -1.06. The second kappa shape index (κ2) is 15.3. The normalized spacial score (nSPS) is 10.7. The molecule has 2 aromatic carbocycles. The molecule has 0 saturated heterocycles. The average Bonchev–Trinajstić information content (AvgIpc) is 2.82. The van der Waals surface area contributed by atoms with Gasteiger partial charge >= 0.3 is 5.97 Å². The molecule has 2 rings (SSSR count). The molecule has 0 heterocycles. The summed E-state index contributed by atoms with van der Waals surface area (Å²) in [7, 11) is 0. The molecule has 0 aliphatic heterocycles. The fourth-order valence-corrected chi connectivity index (χ4v) is 4.16. The van der Waals surface area contributed by atoms with E-state index in [1.807, 2.05) is 18.6 Å². The number of esters is 1. The molecule has 0 saturated carbocycles. The summed E-state index contributed by atoms with van der Waals surface area (Å²) >= 11 is 3.04. The van der Waals surface area contributed by atoms with E-state index in [4.69, 9.17) is 15.3 Å². The molecule has 0 aliphatic carbocycles. The summed E-state index contributed by atoms with van der Waals surface area (Å²) in [4.78, 5) is 32.2. The van der Waals surface area contributed by atoms with Gasteiger partial charge in [-0.05, 0) is 47.8 Å². The highest BCUT2D eigenvalue weighted by molar-refractivity contribution is 7.98. The van der Waals surface area contributed by atoms with E-state index in [0.29, 0.717) is 29.1 Å². The molecule has 1 atom stereocenters. The molecule has 35 heavy (non-hydrogen) atoms. The van der Waals surface area contributed by atoms with Crippen LogP contribution in [0.25, 0.3) is 0 Å². The first-order valence-corrected chi connectivity index (χ1v) is 13.0. The molecule has 0 amide bonds. The Morgan fingerprint density at radius 3 is 2.00 bits per heavy atom. The van der Waals surface area contributed by atoms with Gasteiger partial charge < -0.3 is 4.74 Å². The van der Waals surface area contributed by atoms with Crippen molar-refractivity contribution < 1.29 is 19.4 Å². The van der Waals surface area contributed by atoms with Gasteiger partial charge in [-0.1, -0.05) is 6.07 Å². The first kappa shape index (κ1) is 29.4. The van der Waals surface area contributed by atoms with Gasteiger partial charge in [0, 0.05) is 35.8 Å². The highest BCUT2D eigenvalue weighted by atomic mass is 32.2. The van der Waals surface area contributed by atoms with Gasteiger partial charge in [-0.25, -0.2) is 0 Å². The quantitative estimate of drug-likeness (QED) is 0.234. The van der Waals surface area contributed by atoms with E-state index in [0.717, 1.165) is 11.1 Å². The summed E-state index contributed by atoms with van der Waals surface area (Å²) in [6.45, 7) is 1.84. The van der Waals surface area contributed by atoms with Crippen LogP contribution in [0.4, 0.5) is 11.4 Å². The van der Waals surface area contributed by atoms with Crippen molar-refractivity contribution in [3.63, 3.8) is 0 Å². The Kier molecular flexibility index (Phi) is 12.9. The van der Waals surface area contributed by atoms with Crippen molar-refractivity contribution in [2.45, 2.75) is 30.8 Å². The number of nitro benzene ring substituents is 2. The Balaban J connectivity index is 0.000000365. The van der Waals surface area contributed by atoms with Crippen molar-refractivity contribution >= 4 is 40.9 Å². The topological polar surface area (TPSA) is 160 Å². The number of hydrogen-bond donors (Lipinski definition) is 0. The fourth-order valence-electron chi connectivity index (χ4n) is 3.02. The van der Waals surface area contributed by atoms with E-state index in [-0.39, 0.29) is 18.0 Å². The molecule has 0 fully saturated rings. The SMILES string of the molecule is CCOC(=O)C(C#N)c1ccc([N+](=O)[O-])cc1CSC.CSCc1cc([N+](=O)[O-])ccc1CC#N. The zero-order chi connectivity index (χ0) is 26.4. The summed E-state index contributed by atoms with van der Waals surface area (Å²) in [5, 5.41) is 39.1. The van der Waals surface area contributed by atoms with Gasteiger partial charge in [-0.15, -0.1) is 0 Å². The van der Waals surface area contributed by atoms with Crippen LogP contribution in [0.3, 0.4) is 0 Å². The summed E-state index contributed by atoms with van der Waals surface area (Å²) < 4.78 is 4.86. The van der Waals surface area contributed by atoms with Crippen LogP contribution in [0.15, 0.2) is 36.4 Å². The highest BCUT2D eigenvalue weighted by Crippen LogP contribution is 2.28. The Morgan fingerprint density at radius 1 is 0.971 bits per heavy atom. The van der Waals surface area contributed by atoms with E-state index in [2.05, 4.69) is 6.07 Å². The summed E-state index contributed by atoms with van der Waals surface area (Å²) in [5.74, 6) is -0.517. The number of carbonyl (C=O) groups is 1. The van der Waals surface area contributed by atoms with Crippen LogP contribution in [0.5, 0.6) is 0 Å². The average molecular weight is 517 g/mol. The van der Waals surface area contributed by atoms with Crippen molar-refractivity contribution in [3.05, 3.63) is 78.9 Å². The van der Waals surface area contributed by atoms with E-state index in [1.54, 1.807) is 30.8 Å². The van der Waals surface area contributed by atoms with Crippen molar-refractivity contribution in [3.8, 4) is 12.1 Å². The molecule has 12 heteroatoms. The third-order valence-corrected chi connectivity index (χ3v) is 5.77. The molecular weight excluding hydrogens is 492 g/mol. The number of non-ortho nitro benzene ring substituents is 2. The zero-order valence-electron chi connectivity index (χ0n) is 19.4. The predicted octanol–water partition coefficient (Wildman–Crippen LogP) is 5.15. The number of carbonyl (C=O) groups excluding carboxylic acids is 1. The van der Waals surface area contributed by atoms with Crippen LogP contribution >= 0.6 is 23.5 Å². The smallest absolute Gasteiger partial charge is 0.327 e. The number of hydrogen-bond acceptors (Lipinski definition) is 10. The Labute approximate surface area is 211 Å². The molecule has 10 nitrogen and oxygen atoms in total. The van der Waals surface area contributed by atoms with Crippen LogP contribution in [-0.4, -0.2) is 34.9 Å². The standard InChI is InChI=1S/C13H14N2O4S.C10H10N2O2S/c1-3-19-13(16)12(7-14)11-5-4-10(15(17)18)6-9(11)8-20-2;1-15-7-9-6-10(12(13)14)3-2-8(9)4-5-11/h4-6,12H,3,8H2,1-2H3;2-3,6H,4,7H2,1H3. The van der Waals surface area contributed by atoms with Crippen LogP contribution in [0, 0.1) is 42.9 Å². The fraction of sp³-hybridized carbons (Fsp3) is 0.348. The number of thioether (sulfide) groups is 2. The minimum Gasteiger partial charge on any atom is -0.465 e. The predicted molar refractivity (Wildman–Crippen MR) is 135 cm³/mol. The lowest BCUT2D eigenvalue weighted by molar-refractivity contribution is -0.385. The van der Waals surface area contributed by atoms with Crippen molar-refractivity contribution in [2.75, 3.05) is 19.1 Å². The third-order valence-electron chi connectivity index (χ3n) is 4.57. The van der Waals surface area contributed by atoms with Gasteiger partial charge in [0.25, 0.3) is 11.4 Å². The number of ether oxygens (including phenoxy) is 1. The Bertz CT molecular complexity index is 1140. The zero-order valence-corrected chi connectivity index (χ0v) is 21.1. The van der Waals surface area contributed by atoms with E-state index < -0.39 is 21.7 Å². The molecule has 1 unspecified atom stereocenters. The summed E-state index contributed by atoms with van der Waals surface area (Å²) in [6.07, 6.45) is 4.07. The Hall–Kier alpha value is -3.61. The number of nitrogens with zero attached hydrogens (tertiary/aromatic N) is 4. The number of benzene rings is 2. The third kappa shape index (κ3) is 8.92. The molecule has 2 aromatic rings. The van der Waals surface area contributed by atoms with Gasteiger partial charge in [0.1, 0.15) is 0 Å². The second-order valence-electron chi connectivity index (χ2n) is 6.87. The lowest BCUT2D eigenvalue weighted by Gasteiger charge is -2.13. The second-order valence-corrected chi connectivity index (χ2v) is 8.60. The van der Waals surface area contributed by atoms with Gasteiger partial charge in [0.05, 0.1) is 35.0 Å². The van der Waals surface area contributed by atoms with E-state index in [9.17, 15) is 25.0 Å². The van der Waals surface area contributed by atoms with Gasteiger partial charge in [0.15, 0.2) is 5.92 Å². The highest BCUT2D eigenvalue weighted by Gasteiger charge is 2.25. The molecule has 184 valence electrons. The molecule has 0 aromatic heterocycles. The van der Waals surface area contributed by atoms with Crippen molar-refractivity contribution in [1.82, 2.24) is 0 Å². The maximum Gasteiger partial charge on any atom is 0.327 e. The number of rotatable bonds is 10. The van der Waals surface area contributed by atoms with Crippen LogP contribution < -0.4 is 0 Å². The monoisotopic (exact) mass is 516 g/mol. The molecule has 0 bridgehead atoms. The van der Waals surface area contributed by atoms with Gasteiger partial charge in [-0.2, -0.15) is 34.0 Å². The van der Waals surface area contributed by atoms with E-state index >= 15 is 0 Å². The number of nitriles is 2. The molecule has 0 radical (unpaired) electrons. The largest absolute Gasteiger partial charge is 0.465 e. The molecule has 0 N–H and O–H groups in total. The summed E-state index contributed by atoms with van der Waals surface area (Å²) in [5.41, 5.74) is 2.84. The first-order valence-electron chi connectivity index (χ1n) is 10.2. The Morgan fingerprint density at radius 2 is 1.51 bits per heavy atom. The van der Waals surface area contributed by atoms with Crippen LogP contribution in [0.1, 0.15) is 35.1 Å². The maximum absolute atomic E-state index is 11.8. The van der Waals surface area contributed by atoms with Crippen LogP contribution in [-0.2, 0) is 27.5 Å². The lowest BCUT2D eigenvalue weighted by Crippen LogP contribution is -2.16. The molecular formula is C23H24N4O6S2. The number of nitro groups is 2. The van der Waals surface area contributed by atoms with Crippen LogP contribution in [0.2, 0.25) is 0 Å². The first-order chi connectivity index (χ1) is 16.7. The lowest BCUT2D eigenvalue weighted by atomic mass is 9.95. The summed E-state index contributed by atoms with van der Waals surface area (Å²) in [6, 6.07) is 12.7. The minimum absolute atomic E-state index is 0.0571. The van der Waals surface area contributed by atoms with Gasteiger partial charge in [0.2, 0.25) is 0 Å². The molecule has 0 spiro atoms. The van der Waals surface area contributed by atoms with E-state index in [1.165, 1.54) is 36.0 Å². The van der Waals surface area contributed by atoms with Gasteiger partial charge in [-0.3, -0.25) is 25.0 Å². The molecule has 0 aliphatic rings.